The second-order valence-corrected chi connectivity index (χ2v) is 8.99. The average Bonchev–Trinajstić information content (AvgIpc) is 3.41. The van der Waals surface area contributed by atoms with Gasteiger partial charge in [0.05, 0.1) is 22.2 Å². The molecule has 0 aliphatic rings. The number of halogens is 3. The molecule has 1 amide bonds. The van der Waals surface area contributed by atoms with E-state index >= 15 is 0 Å². The van der Waals surface area contributed by atoms with Crippen LogP contribution in [-0.2, 0) is 12.8 Å². The lowest BCUT2D eigenvalue weighted by atomic mass is 9.99. The van der Waals surface area contributed by atoms with Crippen LogP contribution in [0.1, 0.15) is 53.6 Å². The van der Waals surface area contributed by atoms with E-state index in [1.807, 2.05) is 24.3 Å². The van der Waals surface area contributed by atoms with E-state index in [1.54, 1.807) is 6.07 Å². The Bertz CT molecular complexity index is 1500. The quantitative estimate of drug-likeness (QED) is 0.156. The van der Waals surface area contributed by atoms with Crippen LogP contribution in [0.4, 0.5) is 24.5 Å². The standard InChI is InChI=1S/C29H25F3N2O6/c1-3-18(2)19-7-9-23(10-8-19)38-17-25-11-12-27(40-25)28(35)33-21-14-22(34(36)37)16-26(15-21)39-24-6-4-5-20(13-24)29(30,31)32/h4-16,18H,3,17H2,1-2H3,(H,33,35). The molecular weight excluding hydrogens is 529 g/mol. The summed E-state index contributed by atoms with van der Waals surface area (Å²) in [5.74, 6) is 0.360. The summed E-state index contributed by atoms with van der Waals surface area (Å²) in [5.41, 5.74) is -0.189. The smallest absolute Gasteiger partial charge is 0.416 e. The average molecular weight is 555 g/mol. The van der Waals surface area contributed by atoms with Crippen LogP contribution < -0.4 is 14.8 Å². The van der Waals surface area contributed by atoms with E-state index in [2.05, 4.69) is 19.2 Å². The molecule has 1 atom stereocenters. The van der Waals surface area contributed by atoms with Crippen molar-refractivity contribution in [2.24, 2.45) is 0 Å². The number of carbonyl (C=O) groups is 1. The largest absolute Gasteiger partial charge is 0.486 e. The topological polar surface area (TPSA) is 104 Å². The first kappa shape index (κ1) is 28.2. The normalized spacial score (nSPS) is 12.0. The van der Waals surface area contributed by atoms with E-state index in [0.717, 1.165) is 36.8 Å². The monoisotopic (exact) mass is 554 g/mol. The van der Waals surface area contributed by atoms with Gasteiger partial charge in [-0.2, -0.15) is 13.2 Å². The fourth-order valence-electron chi connectivity index (χ4n) is 3.74. The molecule has 0 radical (unpaired) electrons. The molecule has 1 N–H and O–H groups in total. The van der Waals surface area contributed by atoms with Crippen LogP contribution in [0.3, 0.4) is 0 Å². The van der Waals surface area contributed by atoms with E-state index in [9.17, 15) is 28.1 Å². The number of hydrogen-bond donors (Lipinski definition) is 1. The van der Waals surface area contributed by atoms with Crippen LogP contribution in [0, 0.1) is 10.1 Å². The second kappa shape index (κ2) is 11.9. The molecule has 0 fully saturated rings. The SMILES string of the molecule is CCC(C)c1ccc(OCc2ccc(C(=O)Nc3cc(Oc4cccc(C(F)(F)F)c4)cc([N+](=O)[O-])c3)o2)cc1. The van der Waals surface area contributed by atoms with Crippen molar-refractivity contribution in [3.8, 4) is 17.2 Å². The molecule has 0 spiro atoms. The second-order valence-electron chi connectivity index (χ2n) is 8.99. The zero-order chi connectivity index (χ0) is 28.9. The molecule has 40 heavy (non-hydrogen) atoms. The Morgan fingerprint density at radius 3 is 2.42 bits per heavy atom. The van der Waals surface area contributed by atoms with Gasteiger partial charge < -0.3 is 19.2 Å². The van der Waals surface area contributed by atoms with Crippen molar-refractivity contribution < 1.29 is 36.8 Å². The van der Waals surface area contributed by atoms with Gasteiger partial charge in [-0.05, 0) is 60.4 Å². The number of amides is 1. The third kappa shape index (κ3) is 7.19. The number of alkyl halides is 3. The summed E-state index contributed by atoms with van der Waals surface area (Å²) >= 11 is 0. The van der Waals surface area contributed by atoms with Gasteiger partial charge in [-0.25, -0.2) is 0 Å². The molecule has 4 aromatic rings. The summed E-state index contributed by atoms with van der Waals surface area (Å²) in [6.45, 7) is 4.33. The van der Waals surface area contributed by atoms with Crippen molar-refractivity contribution in [3.63, 3.8) is 0 Å². The number of nitro benzene ring substituents is 1. The van der Waals surface area contributed by atoms with Crippen molar-refractivity contribution in [1.82, 2.24) is 0 Å². The maximum absolute atomic E-state index is 13.0. The van der Waals surface area contributed by atoms with Gasteiger partial charge in [-0.1, -0.05) is 32.0 Å². The van der Waals surface area contributed by atoms with Crippen LogP contribution in [0.25, 0.3) is 0 Å². The molecule has 1 unspecified atom stereocenters. The van der Waals surface area contributed by atoms with Crippen molar-refractivity contribution in [1.29, 1.82) is 0 Å². The van der Waals surface area contributed by atoms with E-state index in [1.165, 1.54) is 23.8 Å². The Labute approximate surface area is 227 Å². The van der Waals surface area contributed by atoms with Gasteiger partial charge in [0.2, 0.25) is 0 Å². The molecule has 0 saturated heterocycles. The van der Waals surface area contributed by atoms with Gasteiger partial charge in [0, 0.05) is 12.1 Å². The molecule has 3 aromatic carbocycles. The number of benzene rings is 3. The van der Waals surface area contributed by atoms with Crippen LogP contribution in [0.15, 0.2) is 83.3 Å². The molecule has 4 rings (SSSR count). The lowest BCUT2D eigenvalue weighted by Gasteiger charge is -2.11. The predicted molar refractivity (Wildman–Crippen MR) is 141 cm³/mol. The first-order valence-electron chi connectivity index (χ1n) is 12.3. The summed E-state index contributed by atoms with van der Waals surface area (Å²) < 4.78 is 55.8. The maximum Gasteiger partial charge on any atom is 0.416 e. The number of rotatable bonds is 10. The number of nitro groups is 1. The summed E-state index contributed by atoms with van der Waals surface area (Å²) in [6.07, 6.45) is -3.57. The van der Waals surface area contributed by atoms with E-state index in [0.29, 0.717) is 17.4 Å². The molecule has 11 heteroatoms. The highest BCUT2D eigenvalue weighted by Crippen LogP contribution is 2.34. The Hall–Kier alpha value is -4.80. The van der Waals surface area contributed by atoms with Crippen LogP contribution in [0.5, 0.6) is 17.2 Å². The summed E-state index contributed by atoms with van der Waals surface area (Å²) in [5, 5.41) is 13.9. The summed E-state index contributed by atoms with van der Waals surface area (Å²) in [6, 6.07) is 18.2. The number of anilines is 1. The Morgan fingerprint density at radius 1 is 1.00 bits per heavy atom. The number of hydrogen-bond acceptors (Lipinski definition) is 6. The van der Waals surface area contributed by atoms with Crippen molar-refractivity contribution in [3.05, 3.63) is 112 Å². The van der Waals surface area contributed by atoms with Crippen molar-refractivity contribution in [2.75, 3.05) is 5.32 Å². The molecule has 0 aliphatic carbocycles. The number of nitrogens with one attached hydrogen (secondary N) is 1. The molecule has 1 aromatic heterocycles. The summed E-state index contributed by atoms with van der Waals surface area (Å²) in [4.78, 5) is 23.5. The lowest BCUT2D eigenvalue weighted by molar-refractivity contribution is -0.384. The van der Waals surface area contributed by atoms with Gasteiger partial charge in [-0.15, -0.1) is 0 Å². The van der Waals surface area contributed by atoms with Crippen LogP contribution >= 0.6 is 0 Å². The predicted octanol–water partition coefficient (Wildman–Crippen LogP) is 8.34. The molecule has 1 heterocycles. The number of carbonyl (C=O) groups excluding carboxylic acids is 1. The first-order valence-corrected chi connectivity index (χ1v) is 12.3. The third-order valence-electron chi connectivity index (χ3n) is 6.09. The fourth-order valence-corrected chi connectivity index (χ4v) is 3.74. The minimum Gasteiger partial charge on any atom is -0.486 e. The van der Waals surface area contributed by atoms with E-state index in [-0.39, 0.29) is 29.6 Å². The van der Waals surface area contributed by atoms with Crippen LogP contribution in [-0.4, -0.2) is 10.8 Å². The Morgan fingerprint density at radius 2 is 1.75 bits per heavy atom. The fraction of sp³-hybridized carbons (Fsp3) is 0.207. The zero-order valence-corrected chi connectivity index (χ0v) is 21.5. The van der Waals surface area contributed by atoms with Gasteiger partial charge in [0.15, 0.2) is 5.76 Å². The Kier molecular flexibility index (Phi) is 8.42. The maximum atomic E-state index is 13.0. The molecule has 0 aliphatic heterocycles. The molecule has 8 nitrogen and oxygen atoms in total. The van der Waals surface area contributed by atoms with Crippen molar-refractivity contribution in [2.45, 2.75) is 39.0 Å². The molecule has 0 saturated carbocycles. The molecule has 208 valence electrons. The number of non-ortho nitro benzene ring substituents is 1. The Balaban J connectivity index is 1.44. The minimum atomic E-state index is -4.59. The summed E-state index contributed by atoms with van der Waals surface area (Å²) in [7, 11) is 0. The number of ether oxygens (including phenoxy) is 2. The zero-order valence-electron chi connectivity index (χ0n) is 21.5. The van der Waals surface area contributed by atoms with Gasteiger partial charge in [0.25, 0.3) is 11.6 Å². The lowest BCUT2D eigenvalue weighted by Crippen LogP contribution is -2.11. The van der Waals surface area contributed by atoms with Crippen LogP contribution in [0.2, 0.25) is 0 Å². The minimum absolute atomic E-state index is 0.0169. The first-order chi connectivity index (χ1) is 19.0. The number of nitrogens with zero attached hydrogens (tertiary/aromatic N) is 1. The highest BCUT2D eigenvalue weighted by molar-refractivity contribution is 6.02. The third-order valence-corrected chi connectivity index (χ3v) is 6.09. The molecule has 0 bridgehead atoms. The highest BCUT2D eigenvalue weighted by atomic mass is 19.4. The van der Waals surface area contributed by atoms with E-state index < -0.39 is 28.3 Å². The molecular formula is C29H25F3N2O6. The van der Waals surface area contributed by atoms with Crippen molar-refractivity contribution >= 4 is 17.3 Å². The van der Waals surface area contributed by atoms with E-state index in [4.69, 9.17) is 13.9 Å². The number of furan rings is 1. The van der Waals surface area contributed by atoms with Gasteiger partial charge in [-0.3, -0.25) is 14.9 Å². The van der Waals surface area contributed by atoms with Gasteiger partial charge in [0.1, 0.15) is 29.6 Å². The highest BCUT2D eigenvalue weighted by Gasteiger charge is 2.30. The van der Waals surface area contributed by atoms with Gasteiger partial charge >= 0.3 is 6.18 Å².